The lowest BCUT2D eigenvalue weighted by Gasteiger charge is -2.11. The molecule has 21 heavy (non-hydrogen) atoms. The lowest BCUT2D eigenvalue weighted by molar-refractivity contribution is 0.601. The standard InChI is InChI=1S/C13H9ClFN3O2S/c14-9-1-3-11(17)13(6-9)21(19,20)18-12-4-2-10(15)5-8(12)7-16/h1-6,18H,17H2. The fourth-order valence-electron chi connectivity index (χ4n) is 1.64. The van der Waals surface area contributed by atoms with Crippen LogP contribution in [0.3, 0.4) is 0 Å². The van der Waals surface area contributed by atoms with Gasteiger partial charge in [0.15, 0.2) is 0 Å². The Bertz CT molecular complexity index is 847. The van der Waals surface area contributed by atoms with Crippen molar-refractivity contribution in [3.05, 3.63) is 52.8 Å². The fourth-order valence-corrected chi connectivity index (χ4v) is 3.11. The summed E-state index contributed by atoms with van der Waals surface area (Å²) in [7, 11) is -4.04. The topological polar surface area (TPSA) is 96.0 Å². The summed E-state index contributed by atoms with van der Waals surface area (Å²) in [4.78, 5) is -0.219. The second-order valence-electron chi connectivity index (χ2n) is 4.09. The van der Waals surface area contributed by atoms with E-state index in [1.165, 1.54) is 18.2 Å². The summed E-state index contributed by atoms with van der Waals surface area (Å²) in [6.45, 7) is 0. The van der Waals surface area contributed by atoms with Crippen molar-refractivity contribution in [1.29, 1.82) is 5.26 Å². The van der Waals surface area contributed by atoms with Crippen LogP contribution in [0.2, 0.25) is 5.02 Å². The zero-order chi connectivity index (χ0) is 15.6. The van der Waals surface area contributed by atoms with Crippen LogP contribution in [0.4, 0.5) is 15.8 Å². The van der Waals surface area contributed by atoms with E-state index in [1.807, 2.05) is 0 Å². The number of nitrogens with one attached hydrogen (secondary N) is 1. The Hall–Kier alpha value is -2.30. The summed E-state index contributed by atoms with van der Waals surface area (Å²) in [6.07, 6.45) is 0. The van der Waals surface area contributed by atoms with Gasteiger partial charge >= 0.3 is 0 Å². The summed E-state index contributed by atoms with van der Waals surface area (Å²) in [5.74, 6) is -0.642. The largest absolute Gasteiger partial charge is 0.398 e. The average Bonchev–Trinajstić information content (AvgIpc) is 2.43. The van der Waals surface area contributed by atoms with Gasteiger partial charge < -0.3 is 5.73 Å². The van der Waals surface area contributed by atoms with Crippen LogP contribution in [0.1, 0.15) is 5.56 Å². The van der Waals surface area contributed by atoms with Gasteiger partial charge in [-0.05, 0) is 36.4 Å². The highest BCUT2D eigenvalue weighted by Gasteiger charge is 2.19. The third-order valence-corrected chi connectivity index (χ3v) is 4.27. The molecule has 0 aliphatic heterocycles. The molecule has 0 atom stereocenters. The van der Waals surface area contributed by atoms with Crippen LogP contribution in [-0.2, 0) is 10.0 Å². The van der Waals surface area contributed by atoms with E-state index in [0.29, 0.717) is 0 Å². The highest BCUT2D eigenvalue weighted by molar-refractivity contribution is 7.92. The van der Waals surface area contributed by atoms with E-state index in [9.17, 15) is 12.8 Å². The molecule has 8 heteroatoms. The Morgan fingerprint density at radius 1 is 1.24 bits per heavy atom. The zero-order valence-electron chi connectivity index (χ0n) is 10.5. The van der Waals surface area contributed by atoms with Crippen LogP contribution in [0.15, 0.2) is 41.3 Å². The van der Waals surface area contributed by atoms with Gasteiger partial charge in [0.2, 0.25) is 0 Å². The second-order valence-corrected chi connectivity index (χ2v) is 6.18. The number of nitrogens with two attached hydrogens (primary N) is 1. The van der Waals surface area contributed by atoms with Crippen molar-refractivity contribution in [3.63, 3.8) is 0 Å². The van der Waals surface area contributed by atoms with Crippen molar-refractivity contribution in [2.45, 2.75) is 4.90 Å². The first-order valence-corrected chi connectivity index (χ1v) is 7.47. The number of nitrogen functional groups attached to an aromatic ring is 1. The molecule has 0 amide bonds. The number of hydrogen-bond acceptors (Lipinski definition) is 4. The number of rotatable bonds is 3. The number of halogens is 2. The number of benzene rings is 2. The van der Waals surface area contributed by atoms with E-state index in [0.717, 1.165) is 18.2 Å². The third kappa shape index (κ3) is 3.24. The molecule has 2 aromatic carbocycles. The van der Waals surface area contributed by atoms with Crippen molar-refractivity contribution >= 4 is 33.0 Å². The number of hydrogen-bond donors (Lipinski definition) is 2. The lowest BCUT2D eigenvalue weighted by Crippen LogP contribution is -2.15. The molecule has 0 aliphatic carbocycles. The van der Waals surface area contributed by atoms with E-state index in [2.05, 4.69) is 4.72 Å². The number of nitriles is 1. The molecule has 2 aromatic rings. The van der Waals surface area contributed by atoms with Gasteiger partial charge in [0.05, 0.1) is 16.9 Å². The Morgan fingerprint density at radius 2 is 1.95 bits per heavy atom. The van der Waals surface area contributed by atoms with Gasteiger partial charge in [0.1, 0.15) is 16.8 Å². The molecule has 0 bridgehead atoms. The molecule has 5 nitrogen and oxygen atoms in total. The fraction of sp³-hybridized carbons (Fsp3) is 0. The van der Waals surface area contributed by atoms with E-state index < -0.39 is 15.8 Å². The minimum absolute atomic E-state index is 0.00696. The van der Waals surface area contributed by atoms with Crippen LogP contribution < -0.4 is 10.5 Å². The molecule has 0 heterocycles. The quantitative estimate of drug-likeness (QED) is 0.848. The SMILES string of the molecule is N#Cc1cc(F)ccc1NS(=O)(=O)c1cc(Cl)ccc1N. The molecule has 0 aliphatic rings. The van der Waals surface area contributed by atoms with Gasteiger partial charge in [-0.15, -0.1) is 0 Å². The summed E-state index contributed by atoms with van der Waals surface area (Å²) < 4.78 is 39.8. The van der Waals surface area contributed by atoms with Crippen molar-refractivity contribution in [2.24, 2.45) is 0 Å². The molecular weight excluding hydrogens is 317 g/mol. The second kappa shape index (κ2) is 5.60. The number of anilines is 2. The Labute approximate surface area is 125 Å². The first-order chi connectivity index (χ1) is 9.83. The maximum atomic E-state index is 13.0. The van der Waals surface area contributed by atoms with Crippen LogP contribution in [0.25, 0.3) is 0 Å². The number of nitrogens with zero attached hydrogens (tertiary/aromatic N) is 1. The van der Waals surface area contributed by atoms with Crippen molar-refractivity contribution < 1.29 is 12.8 Å². The maximum Gasteiger partial charge on any atom is 0.264 e. The van der Waals surface area contributed by atoms with Crippen LogP contribution in [0.5, 0.6) is 0 Å². The highest BCUT2D eigenvalue weighted by Crippen LogP contribution is 2.26. The Morgan fingerprint density at radius 3 is 2.62 bits per heavy atom. The van der Waals surface area contributed by atoms with Gasteiger partial charge in [-0.2, -0.15) is 5.26 Å². The van der Waals surface area contributed by atoms with E-state index in [-0.39, 0.29) is 26.9 Å². The van der Waals surface area contributed by atoms with Crippen molar-refractivity contribution in [3.8, 4) is 6.07 Å². The highest BCUT2D eigenvalue weighted by atomic mass is 35.5. The zero-order valence-corrected chi connectivity index (χ0v) is 12.0. The van der Waals surface area contributed by atoms with E-state index in [1.54, 1.807) is 6.07 Å². The third-order valence-electron chi connectivity index (χ3n) is 2.61. The smallest absolute Gasteiger partial charge is 0.264 e. The molecule has 0 spiro atoms. The summed E-state index contributed by atoms with van der Waals surface area (Å²) in [6, 6.07) is 8.84. The monoisotopic (exact) mass is 325 g/mol. The van der Waals surface area contributed by atoms with Gasteiger partial charge in [0.25, 0.3) is 10.0 Å². The molecule has 0 unspecified atom stereocenters. The summed E-state index contributed by atoms with van der Waals surface area (Å²) in [5, 5.41) is 9.11. The normalized spacial score (nSPS) is 10.9. The lowest BCUT2D eigenvalue weighted by atomic mass is 10.2. The molecule has 0 aromatic heterocycles. The predicted molar refractivity (Wildman–Crippen MR) is 77.8 cm³/mol. The molecule has 2 rings (SSSR count). The minimum atomic E-state index is -4.04. The number of sulfonamides is 1. The van der Waals surface area contributed by atoms with Crippen LogP contribution >= 0.6 is 11.6 Å². The van der Waals surface area contributed by atoms with Crippen molar-refractivity contribution in [1.82, 2.24) is 0 Å². The van der Waals surface area contributed by atoms with Crippen LogP contribution in [0, 0.1) is 17.1 Å². The molecule has 0 fully saturated rings. The molecule has 0 saturated carbocycles. The van der Waals surface area contributed by atoms with Gasteiger partial charge in [-0.1, -0.05) is 11.6 Å². The van der Waals surface area contributed by atoms with Gasteiger partial charge in [-0.25, -0.2) is 12.8 Å². The Balaban J connectivity index is 2.48. The molecule has 3 N–H and O–H groups in total. The van der Waals surface area contributed by atoms with Gasteiger partial charge in [-0.3, -0.25) is 4.72 Å². The predicted octanol–water partition coefficient (Wildman–Crippen LogP) is 2.73. The molecule has 0 radical (unpaired) electrons. The van der Waals surface area contributed by atoms with E-state index in [4.69, 9.17) is 22.6 Å². The molecule has 0 saturated heterocycles. The first kappa shape index (κ1) is 15.1. The van der Waals surface area contributed by atoms with Gasteiger partial charge in [0, 0.05) is 5.02 Å². The molecular formula is C13H9ClFN3O2S. The first-order valence-electron chi connectivity index (χ1n) is 5.61. The molecule has 108 valence electrons. The van der Waals surface area contributed by atoms with E-state index >= 15 is 0 Å². The minimum Gasteiger partial charge on any atom is -0.398 e. The van der Waals surface area contributed by atoms with Crippen molar-refractivity contribution in [2.75, 3.05) is 10.5 Å². The maximum absolute atomic E-state index is 13.0. The summed E-state index contributed by atoms with van der Waals surface area (Å²) >= 11 is 5.76. The van der Waals surface area contributed by atoms with Crippen LogP contribution in [-0.4, -0.2) is 8.42 Å². The average molecular weight is 326 g/mol. The summed E-state index contributed by atoms with van der Waals surface area (Å²) in [5.41, 5.74) is 5.45. The Kier molecular flexibility index (Phi) is 4.02.